The van der Waals surface area contributed by atoms with Crippen LogP contribution in [0.15, 0.2) is 158 Å². The molecule has 0 bridgehead atoms. The molecule has 0 amide bonds. The molecular formula is C40H38O8. The molecule has 4 N–H and O–H groups in total. The number of benzene rings is 5. The van der Waals surface area contributed by atoms with Crippen LogP contribution in [-0.4, -0.2) is 44.3 Å². The lowest BCUT2D eigenvalue weighted by molar-refractivity contribution is -0.148. The minimum atomic E-state index is -1.11. The third kappa shape index (κ3) is 11.7. The first kappa shape index (κ1) is 36.4. The number of carboxylic acids is 4. The van der Waals surface area contributed by atoms with Gasteiger partial charge in [0.1, 0.15) is 0 Å². The first-order valence-electron chi connectivity index (χ1n) is 15.3. The van der Waals surface area contributed by atoms with Crippen molar-refractivity contribution >= 4 is 23.9 Å². The Labute approximate surface area is 279 Å². The van der Waals surface area contributed by atoms with Crippen molar-refractivity contribution < 1.29 is 39.6 Å². The van der Waals surface area contributed by atoms with Gasteiger partial charge in [0, 0.05) is 11.8 Å². The molecule has 5 rings (SSSR count). The molecule has 0 aliphatic rings. The van der Waals surface area contributed by atoms with Gasteiger partial charge in [-0.3, -0.25) is 19.2 Å². The minimum Gasteiger partial charge on any atom is -0.481 e. The Morgan fingerprint density at radius 3 is 0.708 bits per heavy atom. The minimum absolute atomic E-state index is 0.413. The third-order valence-corrected chi connectivity index (χ3v) is 7.53. The summed E-state index contributed by atoms with van der Waals surface area (Å²) in [4.78, 5) is 45.2. The first-order chi connectivity index (χ1) is 23.2. The maximum atomic E-state index is 11.6. The quantitative estimate of drug-likeness (QED) is 0.108. The van der Waals surface area contributed by atoms with Gasteiger partial charge in [-0.1, -0.05) is 158 Å². The van der Waals surface area contributed by atoms with Crippen molar-refractivity contribution in [2.24, 2.45) is 11.8 Å². The van der Waals surface area contributed by atoms with Gasteiger partial charge in [0.2, 0.25) is 0 Å². The first-order valence-corrected chi connectivity index (χ1v) is 15.3. The monoisotopic (exact) mass is 646 g/mol. The summed E-state index contributed by atoms with van der Waals surface area (Å²) in [5.74, 6) is -7.41. The summed E-state index contributed by atoms with van der Waals surface area (Å²) in [6, 6.07) is 48.6. The molecule has 8 heteroatoms. The van der Waals surface area contributed by atoms with Crippen molar-refractivity contribution in [2.75, 3.05) is 0 Å². The molecule has 8 nitrogen and oxygen atoms in total. The van der Waals surface area contributed by atoms with Crippen LogP contribution in [0.5, 0.6) is 0 Å². The Hall–Kier alpha value is -6.02. The van der Waals surface area contributed by atoms with Gasteiger partial charge in [0.05, 0.1) is 24.7 Å². The van der Waals surface area contributed by atoms with Crippen LogP contribution >= 0.6 is 0 Å². The van der Waals surface area contributed by atoms with Gasteiger partial charge in [-0.15, -0.1) is 0 Å². The molecule has 0 aliphatic heterocycles. The third-order valence-electron chi connectivity index (χ3n) is 7.53. The highest BCUT2D eigenvalue weighted by atomic mass is 16.4. The average Bonchev–Trinajstić information content (AvgIpc) is 3.10. The summed E-state index contributed by atoms with van der Waals surface area (Å²) in [6.45, 7) is 0. The van der Waals surface area contributed by atoms with Crippen LogP contribution in [0.2, 0.25) is 0 Å². The number of aliphatic carboxylic acids is 4. The van der Waals surface area contributed by atoms with Crippen LogP contribution in [0.25, 0.3) is 0 Å². The maximum absolute atomic E-state index is 11.6. The number of carbonyl (C=O) groups is 4. The fourth-order valence-corrected chi connectivity index (χ4v) is 5.41. The van der Waals surface area contributed by atoms with Gasteiger partial charge in [-0.2, -0.15) is 0 Å². The molecule has 48 heavy (non-hydrogen) atoms. The van der Waals surface area contributed by atoms with Crippen molar-refractivity contribution in [1.82, 2.24) is 0 Å². The van der Waals surface area contributed by atoms with Crippen LogP contribution < -0.4 is 0 Å². The van der Waals surface area contributed by atoms with E-state index in [9.17, 15) is 29.4 Å². The van der Waals surface area contributed by atoms with E-state index in [2.05, 4.69) is 0 Å². The van der Waals surface area contributed by atoms with Crippen LogP contribution in [0.1, 0.15) is 46.9 Å². The fourth-order valence-electron chi connectivity index (χ4n) is 5.41. The second-order valence-corrected chi connectivity index (χ2v) is 10.8. The standard InChI is InChI=1S/2C17H16O4.C6H6/c2*18-15(19)11-14(17(20)21)16(12-7-3-1-4-8-12)13-9-5-2-6-10-13;1-2-4-6-5-3-1/h2*1-10,14,16H,11H2,(H,18,19)(H,20,21);1-6H. The van der Waals surface area contributed by atoms with Crippen molar-refractivity contribution in [1.29, 1.82) is 0 Å². The van der Waals surface area contributed by atoms with Gasteiger partial charge >= 0.3 is 23.9 Å². The summed E-state index contributed by atoms with van der Waals surface area (Å²) in [5.41, 5.74) is 3.21. The summed E-state index contributed by atoms with van der Waals surface area (Å²) in [7, 11) is 0. The number of hydrogen-bond acceptors (Lipinski definition) is 4. The van der Waals surface area contributed by atoms with Gasteiger partial charge in [-0.05, 0) is 22.3 Å². The zero-order valence-corrected chi connectivity index (χ0v) is 26.2. The van der Waals surface area contributed by atoms with Crippen molar-refractivity contribution in [3.05, 3.63) is 180 Å². The largest absolute Gasteiger partial charge is 0.481 e. The summed E-state index contributed by atoms with van der Waals surface area (Å²) in [6.07, 6.45) is -0.826. The zero-order valence-electron chi connectivity index (χ0n) is 26.2. The molecule has 0 radical (unpaired) electrons. The molecular weight excluding hydrogens is 608 g/mol. The molecule has 0 heterocycles. The predicted molar refractivity (Wildman–Crippen MR) is 183 cm³/mol. The summed E-state index contributed by atoms with van der Waals surface area (Å²) in [5, 5.41) is 36.9. The van der Waals surface area contributed by atoms with E-state index in [-0.39, 0.29) is 0 Å². The molecule has 0 aliphatic carbocycles. The van der Waals surface area contributed by atoms with E-state index < -0.39 is 60.4 Å². The Balaban J connectivity index is 0.000000222. The van der Waals surface area contributed by atoms with Crippen molar-refractivity contribution in [3.8, 4) is 0 Å². The summed E-state index contributed by atoms with van der Waals surface area (Å²) >= 11 is 0. The van der Waals surface area contributed by atoms with E-state index in [0.717, 1.165) is 22.3 Å². The fraction of sp³-hybridized carbons (Fsp3) is 0.150. The smallest absolute Gasteiger partial charge is 0.308 e. The Kier molecular flexibility index (Phi) is 14.8. The number of carboxylic acid groups (broad SMARTS) is 4. The van der Waals surface area contributed by atoms with Gasteiger partial charge in [0.15, 0.2) is 0 Å². The van der Waals surface area contributed by atoms with Crippen molar-refractivity contribution in [3.63, 3.8) is 0 Å². The molecule has 2 unspecified atom stereocenters. The molecule has 0 fully saturated rings. The van der Waals surface area contributed by atoms with Crippen LogP contribution in [0, 0.1) is 11.8 Å². The predicted octanol–water partition coefficient (Wildman–Crippen LogP) is 7.67. The van der Waals surface area contributed by atoms with Crippen molar-refractivity contribution in [2.45, 2.75) is 24.7 Å². The second-order valence-electron chi connectivity index (χ2n) is 10.8. The lowest BCUT2D eigenvalue weighted by atomic mass is 9.79. The normalized spacial score (nSPS) is 11.5. The van der Waals surface area contributed by atoms with Gasteiger partial charge in [-0.25, -0.2) is 0 Å². The van der Waals surface area contributed by atoms with Crippen LogP contribution in [0.3, 0.4) is 0 Å². The van der Waals surface area contributed by atoms with E-state index in [1.54, 1.807) is 0 Å². The van der Waals surface area contributed by atoms with Gasteiger partial charge < -0.3 is 20.4 Å². The topological polar surface area (TPSA) is 149 Å². The lowest BCUT2D eigenvalue weighted by Crippen LogP contribution is -2.25. The molecule has 2 atom stereocenters. The van der Waals surface area contributed by atoms with Crippen LogP contribution in [0.4, 0.5) is 0 Å². The van der Waals surface area contributed by atoms with E-state index >= 15 is 0 Å². The van der Waals surface area contributed by atoms with E-state index in [1.165, 1.54) is 0 Å². The Morgan fingerprint density at radius 1 is 0.354 bits per heavy atom. The molecule has 0 saturated heterocycles. The second kappa shape index (κ2) is 19.5. The number of hydrogen-bond donors (Lipinski definition) is 4. The zero-order chi connectivity index (χ0) is 34.7. The van der Waals surface area contributed by atoms with E-state index in [0.29, 0.717) is 0 Å². The average molecular weight is 647 g/mol. The highest BCUT2D eigenvalue weighted by Crippen LogP contribution is 2.35. The lowest BCUT2D eigenvalue weighted by Gasteiger charge is -2.24. The SMILES string of the molecule is O=C(O)CC(C(=O)O)C(c1ccccc1)c1ccccc1.O=C(O)CC(C(=O)O)C(c1ccccc1)c1ccccc1.c1ccccc1. The van der Waals surface area contributed by atoms with Gasteiger partial charge in [0.25, 0.3) is 0 Å². The highest BCUT2D eigenvalue weighted by Gasteiger charge is 2.33. The number of rotatable bonds is 12. The van der Waals surface area contributed by atoms with E-state index in [1.807, 2.05) is 158 Å². The highest BCUT2D eigenvalue weighted by molar-refractivity contribution is 5.80. The summed E-state index contributed by atoms with van der Waals surface area (Å²) < 4.78 is 0. The molecule has 5 aromatic carbocycles. The Morgan fingerprint density at radius 2 is 0.542 bits per heavy atom. The molecule has 5 aromatic rings. The maximum Gasteiger partial charge on any atom is 0.308 e. The molecule has 0 spiro atoms. The Bertz CT molecular complexity index is 1460. The molecule has 246 valence electrons. The van der Waals surface area contributed by atoms with E-state index in [4.69, 9.17) is 10.2 Å². The van der Waals surface area contributed by atoms with Crippen LogP contribution in [-0.2, 0) is 19.2 Å². The molecule has 0 saturated carbocycles. The molecule has 0 aromatic heterocycles.